The molecule has 0 radical (unpaired) electrons. The highest BCUT2D eigenvalue weighted by Crippen LogP contribution is 2.35. The van der Waals surface area contributed by atoms with Crippen LogP contribution in [0.4, 0.5) is 0 Å². The molecule has 0 unspecified atom stereocenters. The number of ether oxygens (including phenoxy) is 6. The lowest BCUT2D eigenvalue weighted by Crippen LogP contribution is -2.37. The predicted octanol–water partition coefficient (Wildman–Crippen LogP) is 8.86. The molecule has 4 amide bonds. The highest BCUT2D eigenvalue weighted by molar-refractivity contribution is 5.83. The Hall–Kier alpha value is -7.52. The molecule has 0 saturated heterocycles. The molecule has 0 aliphatic carbocycles. The van der Waals surface area contributed by atoms with E-state index in [2.05, 4.69) is 5.32 Å². The van der Waals surface area contributed by atoms with Gasteiger partial charge in [0, 0.05) is 52.4 Å². The molecular formula is C59H71N5O10. The molecule has 3 aliphatic rings. The van der Waals surface area contributed by atoms with E-state index in [1.54, 1.807) is 22.8 Å². The minimum Gasteiger partial charge on any atom is -0.454 e. The zero-order valence-electron chi connectivity index (χ0n) is 44.0. The minimum atomic E-state index is -0.576. The van der Waals surface area contributed by atoms with Crippen molar-refractivity contribution in [2.45, 2.75) is 81.6 Å². The molecular weight excluding hydrogens is 939 g/mol. The van der Waals surface area contributed by atoms with Crippen LogP contribution in [-0.4, -0.2) is 84.9 Å². The van der Waals surface area contributed by atoms with E-state index >= 15 is 0 Å². The number of rotatable bonds is 24. The zero-order valence-corrected chi connectivity index (χ0v) is 44.0. The number of carbonyl (C=O) groups excluding carboxylic acids is 4. The number of hydrogen-bond donors (Lipinski definition) is 2. The summed E-state index contributed by atoms with van der Waals surface area (Å²) in [6.45, 7) is 18.7. The molecule has 0 saturated carbocycles. The quantitative estimate of drug-likeness (QED) is 0.0643. The Labute approximate surface area is 435 Å². The Morgan fingerprint density at radius 3 is 1.24 bits per heavy atom. The molecule has 0 fully saturated rings. The third kappa shape index (κ3) is 15.0. The fraction of sp³-hybridized carbons (Fsp3) is 0.390. The van der Waals surface area contributed by atoms with Crippen molar-refractivity contribution in [3.63, 3.8) is 0 Å². The van der Waals surface area contributed by atoms with Crippen LogP contribution in [0.3, 0.4) is 0 Å². The Balaban J connectivity index is 1.07. The number of nitrogens with one attached hydrogen (secondary N) is 1. The number of nitrogens with two attached hydrogens (primary N) is 1. The zero-order chi connectivity index (χ0) is 52.9. The molecule has 0 aromatic heterocycles. The molecule has 4 aromatic rings. The van der Waals surface area contributed by atoms with Gasteiger partial charge in [-0.15, -0.1) is 0 Å². The average Bonchev–Trinajstić information content (AvgIpc) is 4.17. The van der Waals surface area contributed by atoms with Gasteiger partial charge < -0.3 is 54.2 Å². The van der Waals surface area contributed by atoms with Crippen molar-refractivity contribution in [3.05, 3.63) is 154 Å². The van der Waals surface area contributed by atoms with Crippen molar-refractivity contribution in [3.8, 4) is 34.5 Å². The van der Waals surface area contributed by atoms with Crippen LogP contribution >= 0.6 is 0 Å². The van der Waals surface area contributed by atoms with E-state index in [0.717, 1.165) is 56.0 Å². The van der Waals surface area contributed by atoms with Gasteiger partial charge in [0.1, 0.15) is 0 Å². The van der Waals surface area contributed by atoms with Crippen LogP contribution in [0.25, 0.3) is 0 Å². The van der Waals surface area contributed by atoms with Gasteiger partial charge in [0.25, 0.3) is 0 Å². The molecule has 0 spiro atoms. The summed E-state index contributed by atoms with van der Waals surface area (Å²) in [7, 11) is 0. The largest absolute Gasteiger partial charge is 0.454 e. The highest BCUT2D eigenvalue weighted by Gasteiger charge is 2.26. The SMILES string of the molecule is C/C(=C\[C@@H](C)C(=O)N(C/C(C)=C/[C@H](C)C(=O)N(C/C(C)=C/[C@H](C)C(=O)N(C/C(C)=C/[C@H](C)C(N)=O)Cc1ccccc1)Cc1ccc2c(c1)OCO2)Cc1ccc2c(c1)OCO2)CNCc1ccc2c(c1)OCO2. The van der Waals surface area contributed by atoms with Crippen LogP contribution in [0.1, 0.15) is 77.6 Å². The fourth-order valence-electron chi connectivity index (χ4n) is 9.40. The second-order valence-electron chi connectivity index (χ2n) is 19.8. The second kappa shape index (κ2) is 25.4. The van der Waals surface area contributed by atoms with Crippen molar-refractivity contribution in [2.75, 3.05) is 46.6 Å². The van der Waals surface area contributed by atoms with Gasteiger partial charge in [-0.05, 0) is 86.3 Å². The maximum atomic E-state index is 14.8. The molecule has 7 rings (SSSR count). The first-order chi connectivity index (χ1) is 35.5. The van der Waals surface area contributed by atoms with Crippen molar-refractivity contribution in [1.82, 2.24) is 20.0 Å². The number of nitrogens with zero attached hydrogens (tertiary/aromatic N) is 3. The van der Waals surface area contributed by atoms with Gasteiger partial charge in [0.05, 0.1) is 23.7 Å². The molecule has 392 valence electrons. The summed E-state index contributed by atoms with van der Waals surface area (Å²) >= 11 is 0. The maximum absolute atomic E-state index is 14.8. The molecule has 4 atom stereocenters. The normalized spacial score (nSPS) is 15.6. The summed E-state index contributed by atoms with van der Waals surface area (Å²) in [5.41, 5.74) is 12.9. The van der Waals surface area contributed by atoms with Gasteiger partial charge in [-0.3, -0.25) is 19.2 Å². The third-order valence-electron chi connectivity index (χ3n) is 13.0. The maximum Gasteiger partial charge on any atom is 0.231 e. The van der Waals surface area contributed by atoms with Gasteiger partial charge in [-0.1, -0.05) is 123 Å². The smallest absolute Gasteiger partial charge is 0.231 e. The Bertz CT molecular complexity index is 2790. The topological polar surface area (TPSA) is 171 Å². The lowest BCUT2D eigenvalue weighted by atomic mass is 10.0. The van der Waals surface area contributed by atoms with Crippen LogP contribution in [0.5, 0.6) is 34.5 Å². The van der Waals surface area contributed by atoms with E-state index in [1.165, 1.54) is 0 Å². The molecule has 3 aliphatic heterocycles. The summed E-state index contributed by atoms with van der Waals surface area (Å²) in [5, 5.41) is 3.48. The van der Waals surface area contributed by atoms with Crippen molar-refractivity contribution >= 4 is 23.6 Å². The first kappa shape index (κ1) is 54.3. The third-order valence-corrected chi connectivity index (χ3v) is 13.0. The van der Waals surface area contributed by atoms with Gasteiger partial charge in [0.2, 0.25) is 44.0 Å². The number of benzene rings is 4. The minimum absolute atomic E-state index is 0.0629. The van der Waals surface area contributed by atoms with Crippen LogP contribution in [0.15, 0.2) is 132 Å². The average molecular weight is 1010 g/mol. The summed E-state index contributed by atoms with van der Waals surface area (Å²) in [4.78, 5) is 60.8. The molecule has 15 heteroatoms. The number of fused-ring (bicyclic) bond motifs is 3. The van der Waals surface area contributed by atoms with E-state index in [-0.39, 0.29) is 57.7 Å². The van der Waals surface area contributed by atoms with Gasteiger partial charge in [-0.2, -0.15) is 0 Å². The van der Waals surface area contributed by atoms with Crippen LogP contribution < -0.4 is 39.5 Å². The van der Waals surface area contributed by atoms with E-state index in [4.69, 9.17) is 34.2 Å². The van der Waals surface area contributed by atoms with Crippen molar-refractivity contribution < 1.29 is 47.6 Å². The molecule has 15 nitrogen and oxygen atoms in total. The van der Waals surface area contributed by atoms with Crippen molar-refractivity contribution in [2.24, 2.45) is 29.4 Å². The number of hydrogen-bond acceptors (Lipinski definition) is 11. The monoisotopic (exact) mass is 1010 g/mol. The Morgan fingerprint density at radius 2 is 0.824 bits per heavy atom. The summed E-state index contributed by atoms with van der Waals surface area (Å²) in [5.74, 6) is 1.28. The van der Waals surface area contributed by atoms with Crippen LogP contribution in [0.2, 0.25) is 0 Å². The first-order valence-electron chi connectivity index (χ1n) is 25.2. The summed E-state index contributed by atoms with van der Waals surface area (Å²) in [6, 6.07) is 27.0. The Kier molecular flexibility index (Phi) is 18.6. The Morgan fingerprint density at radius 1 is 0.473 bits per heavy atom. The second-order valence-corrected chi connectivity index (χ2v) is 19.8. The van der Waals surface area contributed by atoms with Gasteiger partial charge >= 0.3 is 0 Å². The first-order valence-corrected chi connectivity index (χ1v) is 25.2. The summed E-state index contributed by atoms with van der Waals surface area (Å²) in [6.07, 6.45) is 7.65. The van der Waals surface area contributed by atoms with E-state index < -0.39 is 29.6 Å². The predicted molar refractivity (Wildman–Crippen MR) is 283 cm³/mol. The van der Waals surface area contributed by atoms with Gasteiger partial charge in [-0.25, -0.2) is 0 Å². The number of primary amides is 1. The molecule has 74 heavy (non-hydrogen) atoms. The number of carbonyl (C=O) groups is 4. The molecule has 4 aromatic carbocycles. The lowest BCUT2D eigenvalue weighted by Gasteiger charge is -2.28. The van der Waals surface area contributed by atoms with Gasteiger partial charge in [0.15, 0.2) is 34.5 Å². The standard InChI is InChI=1S/C59H71N5O10/c1-38(27-61-28-47-14-17-50-53(24-47)72-35-69-50)20-43(6)57(66)63(33-48-15-18-51-54(25-48)73-36-70-51)30-41(4)23-45(8)59(68)64(34-49-16-19-52-55(26-49)74-37-71-52)31-40(3)22-44(7)58(67)62(32-46-12-10-9-11-13-46)29-39(2)21-42(5)56(60)65/h9-26,42-45,61H,27-37H2,1-8H3,(H2,60,65)/b38-20+,39-21+,40-22+,41-23+/t42-,43+,44-,45-/m0/s1. The molecule has 0 bridgehead atoms. The van der Waals surface area contributed by atoms with E-state index in [1.807, 2.05) is 157 Å². The number of amides is 4. The van der Waals surface area contributed by atoms with E-state index in [0.29, 0.717) is 55.7 Å². The van der Waals surface area contributed by atoms with E-state index in [9.17, 15) is 19.2 Å². The highest BCUT2D eigenvalue weighted by atomic mass is 16.7. The molecule has 3 heterocycles. The van der Waals surface area contributed by atoms with Crippen LogP contribution in [0, 0.1) is 23.7 Å². The fourth-order valence-corrected chi connectivity index (χ4v) is 9.40. The summed E-state index contributed by atoms with van der Waals surface area (Å²) < 4.78 is 33.5. The van der Waals surface area contributed by atoms with Crippen LogP contribution in [-0.2, 0) is 45.4 Å². The molecule has 3 N–H and O–H groups in total. The lowest BCUT2D eigenvalue weighted by molar-refractivity contribution is -0.134. The van der Waals surface area contributed by atoms with Crippen molar-refractivity contribution in [1.29, 1.82) is 0 Å².